The molecule has 6 nitrogen and oxygen atoms in total. The van der Waals surface area contributed by atoms with Gasteiger partial charge in [0.05, 0.1) is 4.90 Å². The van der Waals surface area contributed by atoms with E-state index in [1.807, 2.05) is 0 Å². The molecule has 1 rings (SSSR count). The highest BCUT2D eigenvalue weighted by atomic mass is 32.2. The molecule has 1 heterocycles. The Balaban J connectivity index is 2.60. The average Bonchev–Trinajstić information content (AvgIpc) is 2.83. The third-order valence-electron chi connectivity index (χ3n) is 3.24. The van der Waals surface area contributed by atoms with Crippen molar-refractivity contribution >= 4 is 10.0 Å². The summed E-state index contributed by atoms with van der Waals surface area (Å²) in [7, 11) is -3.46. The molecule has 0 aromatic carbocycles. The van der Waals surface area contributed by atoms with E-state index >= 15 is 0 Å². The first-order valence-corrected chi connectivity index (χ1v) is 8.39. The van der Waals surface area contributed by atoms with Crippen molar-refractivity contribution in [2.75, 3.05) is 13.1 Å². The van der Waals surface area contributed by atoms with E-state index in [2.05, 4.69) is 42.3 Å². The molecule has 0 amide bonds. The number of nitrogens with one attached hydrogen (secondary N) is 2. The zero-order chi connectivity index (χ0) is 15.3. The Morgan fingerprint density at radius 2 is 1.90 bits per heavy atom. The van der Waals surface area contributed by atoms with Crippen LogP contribution >= 0.6 is 0 Å². The van der Waals surface area contributed by atoms with Gasteiger partial charge in [-0.05, 0) is 33.8 Å². The van der Waals surface area contributed by atoms with Gasteiger partial charge in [0, 0.05) is 43.6 Å². The van der Waals surface area contributed by atoms with Gasteiger partial charge in [0.15, 0.2) is 0 Å². The molecule has 1 aromatic heterocycles. The van der Waals surface area contributed by atoms with E-state index in [-0.39, 0.29) is 4.90 Å². The molecule has 1 aromatic rings. The lowest BCUT2D eigenvalue weighted by molar-refractivity contribution is 0.179. The predicted octanol–water partition coefficient (Wildman–Crippen LogP) is 0.871. The van der Waals surface area contributed by atoms with E-state index < -0.39 is 10.0 Å². The molecule has 7 heteroatoms. The van der Waals surface area contributed by atoms with Gasteiger partial charge in [-0.15, -0.1) is 0 Å². The fourth-order valence-corrected chi connectivity index (χ4v) is 3.24. The summed E-state index contributed by atoms with van der Waals surface area (Å²) < 4.78 is 26.8. The minimum Gasteiger partial charge on any atom is -0.363 e. The zero-order valence-corrected chi connectivity index (χ0v) is 13.5. The van der Waals surface area contributed by atoms with Crippen molar-refractivity contribution in [3.05, 3.63) is 18.0 Å². The Labute approximate surface area is 121 Å². The van der Waals surface area contributed by atoms with Gasteiger partial charge in [0.2, 0.25) is 10.0 Å². The lowest BCUT2D eigenvalue weighted by Crippen LogP contribution is -2.42. The summed E-state index contributed by atoms with van der Waals surface area (Å²) in [5.41, 5.74) is 6.16. The summed E-state index contributed by atoms with van der Waals surface area (Å²) in [6.07, 6.45) is 1.47. The van der Waals surface area contributed by atoms with Crippen molar-refractivity contribution in [1.29, 1.82) is 0 Å². The fourth-order valence-electron chi connectivity index (χ4n) is 2.20. The third kappa shape index (κ3) is 4.59. The first-order chi connectivity index (χ1) is 9.27. The first kappa shape index (κ1) is 17.2. The van der Waals surface area contributed by atoms with Crippen LogP contribution in [0.1, 0.15) is 33.4 Å². The molecule has 20 heavy (non-hydrogen) atoms. The number of hydrogen-bond donors (Lipinski definition) is 3. The SMILES string of the molecule is CC(C)N(CCNS(=O)(=O)c1c[nH]c(CN)c1)C(C)C. The molecule has 0 saturated heterocycles. The van der Waals surface area contributed by atoms with Crippen LogP contribution in [0.4, 0.5) is 0 Å². The molecular formula is C13H26N4O2S. The summed E-state index contributed by atoms with van der Waals surface area (Å²) in [4.78, 5) is 5.32. The van der Waals surface area contributed by atoms with E-state index in [1.54, 1.807) is 6.07 Å². The van der Waals surface area contributed by atoms with Crippen LogP contribution in [0.2, 0.25) is 0 Å². The smallest absolute Gasteiger partial charge is 0.242 e. The van der Waals surface area contributed by atoms with Crippen LogP contribution in [0.5, 0.6) is 0 Å². The molecule has 0 spiro atoms. The number of H-pyrrole nitrogens is 1. The number of rotatable bonds is 8. The van der Waals surface area contributed by atoms with E-state index in [1.165, 1.54) is 6.20 Å². The molecule has 4 N–H and O–H groups in total. The molecule has 0 aliphatic carbocycles. The summed E-state index contributed by atoms with van der Waals surface area (Å²) in [5, 5.41) is 0. The van der Waals surface area contributed by atoms with Gasteiger partial charge < -0.3 is 10.7 Å². The van der Waals surface area contributed by atoms with Gasteiger partial charge in [-0.25, -0.2) is 13.1 Å². The molecule has 0 fully saturated rings. The van der Waals surface area contributed by atoms with Gasteiger partial charge in [0.1, 0.15) is 0 Å². The monoisotopic (exact) mass is 302 g/mol. The van der Waals surface area contributed by atoms with E-state index in [9.17, 15) is 8.42 Å². The van der Waals surface area contributed by atoms with Crippen LogP contribution < -0.4 is 10.5 Å². The number of hydrogen-bond acceptors (Lipinski definition) is 4. The van der Waals surface area contributed by atoms with Gasteiger partial charge in [-0.2, -0.15) is 0 Å². The number of aromatic amines is 1. The Bertz CT molecular complexity index is 500. The van der Waals surface area contributed by atoms with Gasteiger partial charge in [-0.1, -0.05) is 0 Å². The fraction of sp³-hybridized carbons (Fsp3) is 0.692. The van der Waals surface area contributed by atoms with Gasteiger partial charge in [-0.3, -0.25) is 4.90 Å². The second kappa shape index (κ2) is 7.21. The summed E-state index contributed by atoms with van der Waals surface area (Å²) in [5.74, 6) is 0. The van der Waals surface area contributed by atoms with Crippen molar-refractivity contribution in [1.82, 2.24) is 14.6 Å². The largest absolute Gasteiger partial charge is 0.363 e. The van der Waals surface area contributed by atoms with Crippen molar-refractivity contribution in [3.8, 4) is 0 Å². The normalized spacial score (nSPS) is 12.8. The van der Waals surface area contributed by atoms with Gasteiger partial charge in [0.25, 0.3) is 0 Å². The molecular weight excluding hydrogens is 276 g/mol. The van der Waals surface area contributed by atoms with Crippen LogP contribution in [0, 0.1) is 0 Å². The Morgan fingerprint density at radius 3 is 2.35 bits per heavy atom. The molecule has 0 saturated carbocycles. The van der Waals surface area contributed by atoms with E-state index in [4.69, 9.17) is 5.73 Å². The van der Waals surface area contributed by atoms with Crippen LogP contribution in [-0.4, -0.2) is 43.5 Å². The Hall–Kier alpha value is -0.890. The zero-order valence-electron chi connectivity index (χ0n) is 12.7. The van der Waals surface area contributed by atoms with Gasteiger partial charge >= 0.3 is 0 Å². The van der Waals surface area contributed by atoms with Crippen molar-refractivity contribution in [2.45, 2.75) is 51.2 Å². The van der Waals surface area contributed by atoms with Crippen molar-refractivity contribution < 1.29 is 8.42 Å². The number of aromatic nitrogens is 1. The molecule has 0 bridgehead atoms. The minimum atomic E-state index is -3.46. The topological polar surface area (TPSA) is 91.2 Å². The number of nitrogens with two attached hydrogens (primary N) is 1. The van der Waals surface area contributed by atoms with Crippen LogP contribution in [0.25, 0.3) is 0 Å². The highest BCUT2D eigenvalue weighted by molar-refractivity contribution is 7.89. The third-order valence-corrected chi connectivity index (χ3v) is 4.68. The average molecular weight is 302 g/mol. The predicted molar refractivity (Wildman–Crippen MR) is 80.9 cm³/mol. The Morgan fingerprint density at radius 1 is 1.30 bits per heavy atom. The van der Waals surface area contributed by atoms with Crippen molar-refractivity contribution in [2.24, 2.45) is 5.73 Å². The molecule has 0 atom stereocenters. The highest BCUT2D eigenvalue weighted by Gasteiger charge is 2.17. The van der Waals surface area contributed by atoms with Crippen LogP contribution in [0.3, 0.4) is 0 Å². The Kier molecular flexibility index (Phi) is 6.19. The maximum absolute atomic E-state index is 12.1. The molecule has 0 aliphatic heterocycles. The van der Waals surface area contributed by atoms with E-state index in [0.29, 0.717) is 37.4 Å². The molecule has 116 valence electrons. The molecule has 0 radical (unpaired) electrons. The lowest BCUT2D eigenvalue weighted by atomic mass is 10.2. The van der Waals surface area contributed by atoms with E-state index in [0.717, 1.165) is 0 Å². The number of nitrogens with zero attached hydrogens (tertiary/aromatic N) is 1. The maximum Gasteiger partial charge on any atom is 0.242 e. The summed E-state index contributed by atoms with van der Waals surface area (Å²) in [6, 6.07) is 2.33. The quantitative estimate of drug-likeness (QED) is 0.664. The first-order valence-electron chi connectivity index (χ1n) is 6.90. The summed E-state index contributed by atoms with van der Waals surface area (Å²) in [6.45, 7) is 9.79. The molecule has 0 aliphatic rings. The summed E-state index contributed by atoms with van der Waals surface area (Å²) >= 11 is 0. The highest BCUT2D eigenvalue weighted by Crippen LogP contribution is 2.10. The standard InChI is InChI=1S/C13H26N4O2S/c1-10(2)17(11(3)4)6-5-16-20(18,19)13-7-12(8-14)15-9-13/h7,9-11,15-16H,5-6,8,14H2,1-4H3. The second-order valence-corrected chi connectivity index (χ2v) is 7.15. The minimum absolute atomic E-state index is 0.235. The lowest BCUT2D eigenvalue weighted by Gasteiger charge is -2.30. The van der Waals surface area contributed by atoms with Crippen molar-refractivity contribution in [3.63, 3.8) is 0 Å². The van der Waals surface area contributed by atoms with Crippen LogP contribution in [0.15, 0.2) is 17.2 Å². The van der Waals surface area contributed by atoms with Crippen LogP contribution in [-0.2, 0) is 16.6 Å². The maximum atomic E-state index is 12.1. The second-order valence-electron chi connectivity index (χ2n) is 5.39. The molecule has 0 unspecified atom stereocenters. The number of sulfonamides is 1.